The van der Waals surface area contributed by atoms with Crippen molar-refractivity contribution in [3.8, 4) is 0 Å². The van der Waals surface area contributed by atoms with Gasteiger partial charge in [0, 0.05) is 38.4 Å². The van der Waals surface area contributed by atoms with Crippen LogP contribution in [0.1, 0.15) is 24.6 Å². The van der Waals surface area contributed by atoms with Gasteiger partial charge < -0.3 is 10.4 Å². The van der Waals surface area contributed by atoms with E-state index < -0.39 is 0 Å². The Hall–Kier alpha value is -1.75. The maximum Gasteiger partial charge on any atom is 0.0704 e. The van der Waals surface area contributed by atoms with E-state index in [9.17, 15) is 5.11 Å². The van der Waals surface area contributed by atoms with E-state index >= 15 is 0 Å². The van der Waals surface area contributed by atoms with Gasteiger partial charge in [-0.1, -0.05) is 43.3 Å². The Labute approximate surface area is 150 Å². The average molecular weight is 339 g/mol. The minimum atomic E-state index is -0.332. The summed E-state index contributed by atoms with van der Waals surface area (Å²) in [5.41, 5.74) is 2.33. The predicted molar refractivity (Wildman–Crippen MR) is 101 cm³/mol. The lowest BCUT2D eigenvalue weighted by Crippen LogP contribution is -2.49. The fourth-order valence-corrected chi connectivity index (χ4v) is 3.65. The SMILES string of the molecule is CC1CN(Cc2ccccn2)CCC1NCC(O)Cc1ccccc1. The summed E-state index contributed by atoms with van der Waals surface area (Å²) in [5.74, 6) is 0.571. The van der Waals surface area contributed by atoms with Crippen molar-refractivity contribution in [3.05, 3.63) is 66.0 Å². The normalized spacial score (nSPS) is 22.6. The standard InChI is InChI=1S/C21H29N3O/c1-17-15-24(16-19-9-5-6-11-22-19)12-10-21(17)23-14-20(25)13-18-7-3-2-4-8-18/h2-9,11,17,20-21,23,25H,10,12-16H2,1H3. The number of aromatic nitrogens is 1. The van der Waals surface area contributed by atoms with Gasteiger partial charge in [-0.3, -0.25) is 9.88 Å². The van der Waals surface area contributed by atoms with Crippen molar-refractivity contribution < 1.29 is 5.11 Å². The molecule has 1 aliphatic rings. The van der Waals surface area contributed by atoms with Crippen LogP contribution in [0.3, 0.4) is 0 Å². The van der Waals surface area contributed by atoms with Crippen LogP contribution in [-0.2, 0) is 13.0 Å². The van der Waals surface area contributed by atoms with Gasteiger partial charge in [0.25, 0.3) is 0 Å². The first-order valence-corrected chi connectivity index (χ1v) is 9.28. The molecule has 0 aliphatic carbocycles. The molecule has 0 bridgehead atoms. The van der Waals surface area contributed by atoms with Crippen LogP contribution >= 0.6 is 0 Å². The molecule has 1 fully saturated rings. The highest BCUT2D eigenvalue weighted by Gasteiger charge is 2.26. The first kappa shape index (κ1) is 18.1. The second-order valence-corrected chi connectivity index (χ2v) is 7.18. The van der Waals surface area contributed by atoms with Gasteiger partial charge in [0.15, 0.2) is 0 Å². The third-order valence-electron chi connectivity index (χ3n) is 5.03. The number of benzene rings is 1. The van der Waals surface area contributed by atoms with Gasteiger partial charge in [-0.05, 0) is 36.5 Å². The van der Waals surface area contributed by atoms with Crippen molar-refractivity contribution in [1.82, 2.24) is 15.2 Å². The molecule has 1 saturated heterocycles. The van der Waals surface area contributed by atoms with Crippen LogP contribution in [0.5, 0.6) is 0 Å². The van der Waals surface area contributed by atoms with Gasteiger partial charge in [0.1, 0.15) is 0 Å². The summed E-state index contributed by atoms with van der Waals surface area (Å²) in [5, 5.41) is 13.9. The minimum Gasteiger partial charge on any atom is -0.391 e. The largest absolute Gasteiger partial charge is 0.391 e. The maximum atomic E-state index is 10.3. The number of nitrogens with one attached hydrogen (secondary N) is 1. The number of hydrogen-bond donors (Lipinski definition) is 2. The number of hydrogen-bond acceptors (Lipinski definition) is 4. The quantitative estimate of drug-likeness (QED) is 0.814. The van der Waals surface area contributed by atoms with E-state index in [4.69, 9.17) is 0 Å². The van der Waals surface area contributed by atoms with Gasteiger partial charge in [0.2, 0.25) is 0 Å². The molecule has 2 aromatic rings. The van der Waals surface area contributed by atoms with E-state index in [0.29, 0.717) is 24.9 Å². The van der Waals surface area contributed by atoms with Gasteiger partial charge in [-0.25, -0.2) is 0 Å². The molecular weight excluding hydrogens is 310 g/mol. The summed E-state index contributed by atoms with van der Waals surface area (Å²) in [6.07, 6.45) is 3.36. The van der Waals surface area contributed by atoms with E-state index in [-0.39, 0.29) is 6.10 Å². The molecule has 3 unspecified atom stereocenters. The number of likely N-dealkylation sites (tertiary alicyclic amines) is 1. The lowest BCUT2D eigenvalue weighted by Gasteiger charge is -2.37. The van der Waals surface area contributed by atoms with Gasteiger partial charge in [0.05, 0.1) is 11.8 Å². The van der Waals surface area contributed by atoms with Crippen LogP contribution in [0.4, 0.5) is 0 Å². The molecule has 25 heavy (non-hydrogen) atoms. The number of aliphatic hydroxyl groups excluding tert-OH is 1. The zero-order chi connectivity index (χ0) is 17.5. The lowest BCUT2D eigenvalue weighted by atomic mass is 9.93. The summed E-state index contributed by atoms with van der Waals surface area (Å²) in [6, 6.07) is 16.8. The molecule has 2 N–H and O–H groups in total. The molecule has 0 saturated carbocycles. The zero-order valence-electron chi connectivity index (χ0n) is 15.0. The molecule has 1 aromatic heterocycles. The monoisotopic (exact) mass is 339 g/mol. The average Bonchev–Trinajstić information content (AvgIpc) is 2.63. The Balaban J connectivity index is 1.41. The van der Waals surface area contributed by atoms with Gasteiger partial charge >= 0.3 is 0 Å². The minimum absolute atomic E-state index is 0.332. The molecule has 0 amide bonds. The van der Waals surface area contributed by atoms with Gasteiger partial charge in [-0.15, -0.1) is 0 Å². The Morgan fingerprint density at radius 3 is 2.72 bits per heavy atom. The van der Waals surface area contributed by atoms with Crippen molar-refractivity contribution in [2.75, 3.05) is 19.6 Å². The molecule has 4 heteroatoms. The highest BCUT2D eigenvalue weighted by atomic mass is 16.3. The topological polar surface area (TPSA) is 48.4 Å². The summed E-state index contributed by atoms with van der Waals surface area (Å²) in [7, 11) is 0. The molecule has 0 radical (unpaired) electrons. The number of aliphatic hydroxyl groups is 1. The van der Waals surface area contributed by atoms with Crippen molar-refractivity contribution in [1.29, 1.82) is 0 Å². The number of pyridine rings is 1. The van der Waals surface area contributed by atoms with Gasteiger partial charge in [-0.2, -0.15) is 0 Å². The van der Waals surface area contributed by atoms with Crippen LogP contribution in [0, 0.1) is 5.92 Å². The molecule has 134 valence electrons. The Kier molecular flexibility index (Phi) is 6.56. The fraction of sp³-hybridized carbons (Fsp3) is 0.476. The highest BCUT2D eigenvalue weighted by molar-refractivity contribution is 5.15. The lowest BCUT2D eigenvalue weighted by molar-refractivity contribution is 0.119. The van der Waals surface area contributed by atoms with Crippen molar-refractivity contribution in [2.24, 2.45) is 5.92 Å². The van der Waals surface area contributed by atoms with Crippen LogP contribution < -0.4 is 5.32 Å². The molecule has 1 aromatic carbocycles. The van der Waals surface area contributed by atoms with Crippen LogP contribution in [0.2, 0.25) is 0 Å². The van der Waals surface area contributed by atoms with E-state index in [1.54, 1.807) is 0 Å². The summed E-state index contributed by atoms with van der Waals surface area (Å²) in [6.45, 7) is 6.03. The Bertz CT molecular complexity index is 620. The molecule has 0 spiro atoms. The Morgan fingerprint density at radius 1 is 1.20 bits per heavy atom. The van der Waals surface area contributed by atoms with E-state index in [1.807, 2.05) is 36.5 Å². The third kappa shape index (κ3) is 5.63. The summed E-state index contributed by atoms with van der Waals surface area (Å²) >= 11 is 0. The van der Waals surface area contributed by atoms with Crippen molar-refractivity contribution in [2.45, 2.75) is 38.5 Å². The first-order valence-electron chi connectivity index (χ1n) is 9.28. The van der Waals surface area contributed by atoms with E-state index in [0.717, 1.165) is 31.7 Å². The number of nitrogens with zero attached hydrogens (tertiary/aromatic N) is 2. The predicted octanol–water partition coefficient (Wildman–Crippen LogP) is 2.49. The highest BCUT2D eigenvalue weighted by Crippen LogP contribution is 2.18. The summed E-state index contributed by atoms with van der Waals surface area (Å²) in [4.78, 5) is 6.90. The van der Waals surface area contributed by atoms with E-state index in [1.165, 1.54) is 5.56 Å². The molecule has 3 atom stereocenters. The Morgan fingerprint density at radius 2 is 2.00 bits per heavy atom. The van der Waals surface area contributed by atoms with Crippen molar-refractivity contribution >= 4 is 0 Å². The summed E-state index contributed by atoms with van der Waals surface area (Å²) < 4.78 is 0. The van der Waals surface area contributed by atoms with Crippen LogP contribution in [0.25, 0.3) is 0 Å². The van der Waals surface area contributed by atoms with Crippen LogP contribution in [0.15, 0.2) is 54.7 Å². The molecular formula is C21H29N3O. The zero-order valence-corrected chi connectivity index (χ0v) is 15.0. The van der Waals surface area contributed by atoms with Crippen molar-refractivity contribution in [3.63, 3.8) is 0 Å². The maximum absolute atomic E-state index is 10.3. The van der Waals surface area contributed by atoms with E-state index in [2.05, 4.69) is 40.3 Å². The smallest absolute Gasteiger partial charge is 0.0704 e. The first-order chi connectivity index (χ1) is 12.2. The fourth-order valence-electron chi connectivity index (χ4n) is 3.65. The number of piperidine rings is 1. The molecule has 3 rings (SSSR count). The number of rotatable bonds is 7. The second kappa shape index (κ2) is 9.09. The molecule has 1 aliphatic heterocycles. The molecule has 4 nitrogen and oxygen atoms in total. The van der Waals surface area contributed by atoms with Crippen LogP contribution in [-0.4, -0.2) is 46.8 Å². The third-order valence-corrected chi connectivity index (χ3v) is 5.03. The molecule has 2 heterocycles. The second-order valence-electron chi connectivity index (χ2n) is 7.18.